The van der Waals surface area contributed by atoms with E-state index >= 15 is 0 Å². The van der Waals surface area contributed by atoms with Crippen LogP contribution < -0.4 is 10.6 Å². The summed E-state index contributed by atoms with van der Waals surface area (Å²) in [5, 5.41) is 7.03. The molecule has 3 rings (SSSR count). The Morgan fingerprint density at radius 3 is 2.52 bits per heavy atom. The predicted octanol–water partition coefficient (Wildman–Crippen LogP) is 5.24. The quantitative estimate of drug-likeness (QED) is 0.656. The van der Waals surface area contributed by atoms with E-state index in [2.05, 4.69) is 20.6 Å². The third-order valence-electron chi connectivity index (χ3n) is 3.70. The smallest absolute Gasteiger partial charge is 0.136 e. The van der Waals surface area contributed by atoms with Gasteiger partial charge < -0.3 is 10.6 Å². The molecule has 2 aromatic carbocycles. The predicted molar refractivity (Wildman–Crippen MR) is 100.0 cm³/mol. The maximum absolute atomic E-state index is 13.7. The van der Waals surface area contributed by atoms with Gasteiger partial charge in [0.1, 0.15) is 23.3 Å². The van der Waals surface area contributed by atoms with Gasteiger partial charge in [0, 0.05) is 28.9 Å². The molecule has 0 aliphatic rings. The maximum Gasteiger partial charge on any atom is 0.136 e. The van der Waals surface area contributed by atoms with E-state index in [0.717, 1.165) is 11.3 Å². The van der Waals surface area contributed by atoms with Gasteiger partial charge in [-0.05, 0) is 37.6 Å². The van der Waals surface area contributed by atoms with Crippen molar-refractivity contribution in [2.24, 2.45) is 0 Å². The summed E-state index contributed by atoms with van der Waals surface area (Å²) in [4.78, 5) is 8.72. The van der Waals surface area contributed by atoms with Crippen molar-refractivity contribution in [3.8, 4) is 0 Å². The van der Waals surface area contributed by atoms with E-state index in [1.54, 1.807) is 24.3 Å². The Balaban J connectivity index is 1.76. The van der Waals surface area contributed by atoms with Crippen LogP contribution in [-0.2, 0) is 6.54 Å². The van der Waals surface area contributed by atoms with E-state index in [0.29, 0.717) is 34.6 Å². The first-order chi connectivity index (χ1) is 12.0. The summed E-state index contributed by atoms with van der Waals surface area (Å²) in [7, 11) is 0. The Hall–Kier alpha value is -2.66. The van der Waals surface area contributed by atoms with Crippen LogP contribution in [0.2, 0.25) is 5.02 Å². The Morgan fingerprint density at radius 1 is 1.00 bits per heavy atom. The number of halogens is 2. The van der Waals surface area contributed by atoms with Gasteiger partial charge in [-0.3, -0.25) is 0 Å². The second-order valence-corrected chi connectivity index (χ2v) is 6.13. The van der Waals surface area contributed by atoms with Crippen molar-refractivity contribution in [3.05, 3.63) is 76.3 Å². The molecule has 6 heteroatoms. The summed E-state index contributed by atoms with van der Waals surface area (Å²) in [5.74, 6) is 1.63. The molecule has 4 nitrogen and oxygen atoms in total. The van der Waals surface area contributed by atoms with Crippen LogP contribution in [0.3, 0.4) is 0 Å². The van der Waals surface area contributed by atoms with Crippen LogP contribution in [-0.4, -0.2) is 9.97 Å². The highest BCUT2D eigenvalue weighted by atomic mass is 35.5. The molecule has 0 amide bonds. The van der Waals surface area contributed by atoms with Gasteiger partial charge in [0.25, 0.3) is 0 Å². The average Bonchev–Trinajstić information content (AvgIpc) is 2.57. The number of hydrogen-bond acceptors (Lipinski definition) is 4. The topological polar surface area (TPSA) is 49.8 Å². The first kappa shape index (κ1) is 17.2. The Kier molecular flexibility index (Phi) is 5.14. The SMILES string of the molecule is Cc1nc(NCc2ccccc2F)cc(Nc2ccc(C)c(Cl)c2)n1. The summed E-state index contributed by atoms with van der Waals surface area (Å²) >= 11 is 6.15. The highest BCUT2D eigenvalue weighted by molar-refractivity contribution is 6.31. The number of nitrogens with zero attached hydrogens (tertiary/aromatic N) is 2. The van der Waals surface area contributed by atoms with Crippen molar-refractivity contribution in [1.82, 2.24) is 9.97 Å². The van der Waals surface area contributed by atoms with E-state index < -0.39 is 0 Å². The van der Waals surface area contributed by atoms with Gasteiger partial charge in [0.2, 0.25) is 0 Å². The summed E-state index contributed by atoms with van der Waals surface area (Å²) in [6.45, 7) is 4.10. The van der Waals surface area contributed by atoms with Gasteiger partial charge in [-0.25, -0.2) is 14.4 Å². The number of rotatable bonds is 5. The van der Waals surface area contributed by atoms with Gasteiger partial charge in [0.05, 0.1) is 0 Å². The monoisotopic (exact) mass is 356 g/mol. The Morgan fingerprint density at radius 2 is 1.76 bits per heavy atom. The van der Waals surface area contributed by atoms with E-state index in [1.807, 2.05) is 32.0 Å². The highest BCUT2D eigenvalue weighted by Crippen LogP contribution is 2.23. The molecule has 0 bridgehead atoms. The lowest BCUT2D eigenvalue weighted by molar-refractivity contribution is 0.613. The van der Waals surface area contributed by atoms with Crippen molar-refractivity contribution < 1.29 is 4.39 Å². The van der Waals surface area contributed by atoms with Crippen molar-refractivity contribution in [1.29, 1.82) is 0 Å². The van der Waals surface area contributed by atoms with Crippen LogP contribution in [0.4, 0.5) is 21.7 Å². The van der Waals surface area contributed by atoms with Crippen LogP contribution in [0.1, 0.15) is 17.0 Å². The normalized spacial score (nSPS) is 10.6. The first-order valence-corrected chi connectivity index (χ1v) is 8.25. The molecule has 128 valence electrons. The molecular weight excluding hydrogens is 339 g/mol. The molecule has 25 heavy (non-hydrogen) atoms. The van der Waals surface area contributed by atoms with Gasteiger partial charge in [-0.2, -0.15) is 0 Å². The third kappa shape index (κ3) is 4.45. The third-order valence-corrected chi connectivity index (χ3v) is 4.11. The van der Waals surface area contributed by atoms with Crippen LogP contribution >= 0.6 is 11.6 Å². The number of nitrogens with one attached hydrogen (secondary N) is 2. The summed E-state index contributed by atoms with van der Waals surface area (Å²) in [5.41, 5.74) is 2.44. The zero-order chi connectivity index (χ0) is 17.8. The molecule has 0 saturated carbocycles. The lowest BCUT2D eigenvalue weighted by Crippen LogP contribution is -2.06. The Labute approximate surface area is 151 Å². The zero-order valence-electron chi connectivity index (χ0n) is 14.0. The summed E-state index contributed by atoms with van der Waals surface area (Å²) < 4.78 is 13.7. The lowest BCUT2D eigenvalue weighted by atomic mass is 10.2. The minimum atomic E-state index is -0.242. The van der Waals surface area contributed by atoms with Crippen LogP contribution in [0.15, 0.2) is 48.5 Å². The molecule has 0 spiro atoms. The zero-order valence-corrected chi connectivity index (χ0v) is 14.7. The largest absolute Gasteiger partial charge is 0.366 e. The number of aryl methyl sites for hydroxylation is 2. The molecule has 2 N–H and O–H groups in total. The lowest BCUT2D eigenvalue weighted by Gasteiger charge is -2.11. The van der Waals surface area contributed by atoms with Gasteiger partial charge in [-0.15, -0.1) is 0 Å². The molecule has 0 atom stereocenters. The van der Waals surface area contributed by atoms with Crippen molar-refractivity contribution in [2.45, 2.75) is 20.4 Å². The van der Waals surface area contributed by atoms with Gasteiger partial charge in [0.15, 0.2) is 0 Å². The van der Waals surface area contributed by atoms with E-state index in [9.17, 15) is 4.39 Å². The van der Waals surface area contributed by atoms with Crippen molar-refractivity contribution >= 4 is 28.9 Å². The fourth-order valence-corrected chi connectivity index (χ4v) is 2.55. The summed E-state index contributed by atoms with van der Waals surface area (Å²) in [6.07, 6.45) is 0. The molecule has 0 radical (unpaired) electrons. The van der Waals surface area contributed by atoms with E-state index in [1.165, 1.54) is 6.07 Å². The van der Waals surface area contributed by atoms with Crippen molar-refractivity contribution in [3.63, 3.8) is 0 Å². The number of aromatic nitrogens is 2. The molecule has 0 saturated heterocycles. The Bertz CT molecular complexity index is 898. The molecule has 3 aromatic rings. The molecule has 0 aliphatic heterocycles. The number of benzene rings is 2. The molecule has 0 unspecified atom stereocenters. The summed E-state index contributed by atoms with van der Waals surface area (Å²) in [6, 6.07) is 14.2. The number of anilines is 3. The van der Waals surface area contributed by atoms with Crippen LogP contribution in [0, 0.1) is 19.7 Å². The fraction of sp³-hybridized carbons (Fsp3) is 0.158. The first-order valence-electron chi connectivity index (χ1n) is 7.87. The molecule has 0 aliphatic carbocycles. The van der Waals surface area contributed by atoms with Gasteiger partial charge in [-0.1, -0.05) is 35.9 Å². The molecule has 0 fully saturated rings. The molecule has 1 aromatic heterocycles. The molecule has 1 heterocycles. The van der Waals surface area contributed by atoms with Gasteiger partial charge >= 0.3 is 0 Å². The fourth-order valence-electron chi connectivity index (χ4n) is 2.37. The second kappa shape index (κ2) is 7.49. The molecular formula is C19H18ClFN4. The number of hydrogen-bond donors (Lipinski definition) is 2. The highest BCUT2D eigenvalue weighted by Gasteiger charge is 2.06. The van der Waals surface area contributed by atoms with Crippen LogP contribution in [0.25, 0.3) is 0 Å². The minimum Gasteiger partial charge on any atom is -0.366 e. The standard InChI is InChI=1S/C19H18ClFN4/c1-12-7-8-15(9-16(12)20)25-19-10-18(23-13(2)24-19)22-11-14-5-3-4-6-17(14)21/h3-10H,11H2,1-2H3,(H2,22,23,24,25). The minimum absolute atomic E-state index is 0.242. The average molecular weight is 357 g/mol. The van der Waals surface area contributed by atoms with E-state index in [-0.39, 0.29) is 5.82 Å². The second-order valence-electron chi connectivity index (χ2n) is 5.72. The van der Waals surface area contributed by atoms with Crippen molar-refractivity contribution in [2.75, 3.05) is 10.6 Å². The maximum atomic E-state index is 13.7. The van der Waals surface area contributed by atoms with E-state index in [4.69, 9.17) is 11.6 Å². The van der Waals surface area contributed by atoms with Crippen LogP contribution in [0.5, 0.6) is 0 Å².